The lowest BCUT2D eigenvalue weighted by atomic mass is 9.91. The van der Waals surface area contributed by atoms with Crippen LogP contribution in [0.15, 0.2) is 18.2 Å². The molecule has 1 aliphatic rings. The highest BCUT2D eigenvalue weighted by Gasteiger charge is 2.23. The maximum atomic E-state index is 9.67. The number of benzene rings is 1. The Kier molecular flexibility index (Phi) is 5.08. The molecule has 1 unspecified atom stereocenters. The van der Waals surface area contributed by atoms with Crippen LogP contribution in [0.5, 0.6) is 0 Å². The fourth-order valence-electron chi connectivity index (χ4n) is 2.79. The Labute approximate surface area is 120 Å². The van der Waals surface area contributed by atoms with Crippen molar-refractivity contribution in [2.45, 2.75) is 32.4 Å². The third kappa shape index (κ3) is 3.62. The number of aliphatic hydroxyl groups excluding tert-OH is 1. The second-order valence-electron chi connectivity index (χ2n) is 5.37. The molecule has 1 saturated heterocycles. The summed E-state index contributed by atoms with van der Waals surface area (Å²) in [6, 6.07) is 6.09. The lowest BCUT2D eigenvalue weighted by molar-refractivity contribution is 0.110. The second kappa shape index (κ2) is 6.60. The largest absolute Gasteiger partial charge is 0.393 e. The number of halogens is 1. The Bertz CT molecular complexity index is 415. The van der Waals surface area contributed by atoms with Crippen LogP contribution in [0.2, 0.25) is 5.02 Å². The number of nitrogens with zero attached hydrogens (tertiary/aromatic N) is 1. The molecule has 3 nitrogen and oxygen atoms in total. The SMILES string of the molecule is CNCc1ccc(Cl)cc1N1CCC(C(C)O)CC1. The van der Waals surface area contributed by atoms with Gasteiger partial charge in [-0.25, -0.2) is 0 Å². The number of nitrogens with one attached hydrogen (secondary N) is 1. The van der Waals surface area contributed by atoms with Gasteiger partial charge in [-0.05, 0) is 50.4 Å². The van der Waals surface area contributed by atoms with E-state index in [9.17, 15) is 5.11 Å². The van der Waals surface area contributed by atoms with Crippen LogP contribution in [0.25, 0.3) is 0 Å². The minimum atomic E-state index is -0.196. The van der Waals surface area contributed by atoms with Crippen LogP contribution < -0.4 is 10.2 Å². The fourth-order valence-corrected chi connectivity index (χ4v) is 2.96. The topological polar surface area (TPSA) is 35.5 Å². The minimum absolute atomic E-state index is 0.196. The monoisotopic (exact) mass is 282 g/mol. The van der Waals surface area contributed by atoms with Gasteiger partial charge >= 0.3 is 0 Å². The van der Waals surface area contributed by atoms with Gasteiger partial charge in [-0.1, -0.05) is 17.7 Å². The van der Waals surface area contributed by atoms with Gasteiger partial charge in [0.05, 0.1) is 6.10 Å². The summed E-state index contributed by atoms with van der Waals surface area (Å²) in [5.41, 5.74) is 2.51. The maximum Gasteiger partial charge on any atom is 0.0541 e. The summed E-state index contributed by atoms with van der Waals surface area (Å²) >= 11 is 6.13. The smallest absolute Gasteiger partial charge is 0.0541 e. The molecule has 4 heteroatoms. The molecule has 106 valence electrons. The van der Waals surface area contributed by atoms with Gasteiger partial charge in [0.15, 0.2) is 0 Å². The third-order valence-corrected chi connectivity index (χ3v) is 4.21. The highest BCUT2D eigenvalue weighted by atomic mass is 35.5. The van der Waals surface area contributed by atoms with Crippen molar-refractivity contribution in [3.05, 3.63) is 28.8 Å². The third-order valence-electron chi connectivity index (χ3n) is 3.98. The van der Waals surface area contributed by atoms with E-state index < -0.39 is 0 Å². The van der Waals surface area contributed by atoms with Crippen LogP contribution in [0, 0.1) is 5.92 Å². The van der Waals surface area contributed by atoms with Gasteiger partial charge in [-0.15, -0.1) is 0 Å². The zero-order valence-corrected chi connectivity index (χ0v) is 12.5. The standard InChI is InChI=1S/C15H23ClN2O/c1-11(19)12-5-7-18(8-6-12)15-9-14(16)4-3-13(15)10-17-2/h3-4,9,11-12,17,19H,5-8,10H2,1-2H3. The number of piperidine rings is 1. The molecule has 1 fully saturated rings. The number of rotatable bonds is 4. The van der Waals surface area contributed by atoms with Crippen molar-refractivity contribution in [1.82, 2.24) is 5.32 Å². The number of anilines is 1. The summed E-state index contributed by atoms with van der Waals surface area (Å²) in [4.78, 5) is 2.39. The molecular formula is C15H23ClN2O. The Morgan fingerprint density at radius 3 is 2.68 bits per heavy atom. The van der Waals surface area contributed by atoms with E-state index in [1.165, 1.54) is 11.3 Å². The molecule has 0 saturated carbocycles. The summed E-state index contributed by atoms with van der Waals surface area (Å²) < 4.78 is 0. The van der Waals surface area contributed by atoms with Crippen LogP contribution in [-0.2, 0) is 6.54 Å². The molecule has 1 aromatic carbocycles. The zero-order chi connectivity index (χ0) is 13.8. The molecule has 0 aromatic heterocycles. The van der Waals surface area contributed by atoms with Gasteiger partial charge in [0.2, 0.25) is 0 Å². The van der Waals surface area contributed by atoms with Gasteiger partial charge < -0.3 is 15.3 Å². The van der Waals surface area contributed by atoms with Gasteiger partial charge in [-0.3, -0.25) is 0 Å². The van der Waals surface area contributed by atoms with E-state index in [1.54, 1.807) is 0 Å². The van der Waals surface area contributed by atoms with E-state index in [-0.39, 0.29) is 6.10 Å². The van der Waals surface area contributed by atoms with Crippen LogP contribution >= 0.6 is 11.6 Å². The van der Waals surface area contributed by atoms with Crippen molar-refractivity contribution in [1.29, 1.82) is 0 Å². The van der Waals surface area contributed by atoms with Crippen LogP contribution in [0.1, 0.15) is 25.3 Å². The van der Waals surface area contributed by atoms with Crippen LogP contribution in [0.3, 0.4) is 0 Å². The van der Waals surface area contributed by atoms with Crippen molar-refractivity contribution >= 4 is 17.3 Å². The molecule has 1 atom stereocenters. The van der Waals surface area contributed by atoms with E-state index in [1.807, 2.05) is 20.0 Å². The Morgan fingerprint density at radius 2 is 2.11 bits per heavy atom. The maximum absolute atomic E-state index is 9.67. The molecular weight excluding hydrogens is 260 g/mol. The molecule has 1 aliphatic heterocycles. The lowest BCUT2D eigenvalue weighted by Crippen LogP contribution is -2.37. The predicted molar refractivity (Wildman–Crippen MR) is 80.8 cm³/mol. The van der Waals surface area contributed by atoms with Crippen molar-refractivity contribution in [2.75, 3.05) is 25.0 Å². The fraction of sp³-hybridized carbons (Fsp3) is 0.600. The van der Waals surface area contributed by atoms with Crippen molar-refractivity contribution < 1.29 is 5.11 Å². The van der Waals surface area contributed by atoms with Gasteiger partial charge in [-0.2, -0.15) is 0 Å². The van der Waals surface area contributed by atoms with E-state index in [4.69, 9.17) is 11.6 Å². The highest BCUT2D eigenvalue weighted by molar-refractivity contribution is 6.30. The predicted octanol–water partition coefficient (Wildman–Crippen LogP) is 2.66. The summed E-state index contributed by atoms with van der Waals surface area (Å²) in [6.07, 6.45) is 1.89. The normalized spacial score (nSPS) is 18.6. The van der Waals surface area contributed by atoms with Crippen molar-refractivity contribution in [3.63, 3.8) is 0 Å². The van der Waals surface area contributed by atoms with Gasteiger partial charge in [0.25, 0.3) is 0 Å². The van der Waals surface area contributed by atoms with E-state index in [0.29, 0.717) is 5.92 Å². The van der Waals surface area contributed by atoms with Crippen molar-refractivity contribution in [3.8, 4) is 0 Å². The molecule has 0 amide bonds. The number of hydrogen-bond donors (Lipinski definition) is 2. The lowest BCUT2D eigenvalue weighted by Gasteiger charge is -2.36. The van der Waals surface area contributed by atoms with Gasteiger partial charge in [0.1, 0.15) is 0 Å². The molecule has 0 bridgehead atoms. The summed E-state index contributed by atoms with van der Waals surface area (Å²) in [6.45, 7) is 4.73. The summed E-state index contributed by atoms with van der Waals surface area (Å²) in [5.74, 6) is 0.434. The molecule has 2 rings (SSSR count). The Hall–Kier alpha value is -0.770. The first-order chi connectivity index (χ1) is 9.11. The van der Waals surface area contributed by atoms with E-state index in [2.05, 4.69) is 22.3 Å². The Morgan fingerprint density at radius 1 is 1.42 bits per heavy atom. The highest BCUT2D eigenvalue weighted by Crippen LogP contribution is 2.30. The minimum Gasteiger partial charge on any atom is -0.393 e. The molecule has 2 N–H and O–H groups in total. The average Bonchev–Trinajstić information content (AvgIpc) is 2.41. The van der Waals surface area contributed by atoms with Gasteiger partial charge in [0, 0.05) is 30.3 Å². The summed E-state index contributed by atoms with van der Waals surface area (Å²) in [7, 11) is 1.96. The first-order valence-electron chi connectivity index (χ1n) is 6.98. The molecule has 19 heavy (non-hydrogen) atoms. The molecule has 0 aliphatic carbocycles. The average molecular weight is 283 g/mol. The van der Waals surface area contributed by atoms with E-state index >= 15 is 0 Å². The quantitative estimate of drug-likeness (QED) is 0.891. The van der Waals surface area contributed by atoms with Crippen molar-refractivity contribution in [2.24, 2.45) is 5.92 Å². The zero-order valence-electron chi connectivity index (χ0n) is 11.7. The van der Waals surface area contributed by atoms with Crippen LogP contribution in [0.4, 0.5) is 5.69 Å². The second-order valence-corrected chi connectivity index (χ2v) is 5.80. The molecule has 0 radical (unpaired) electrons. The van der Waals surface area contributed by atoms with Crippen LogP contribution in [-0.4, -0.2) is 31.3 Å². The molecule has 0 spiro atoms. The first kappa shape index (κ1) is 14.6. The molecule has 1 heterocycles. The number of hydrogen-bond acceptors (Lipinski definition) is 3. The first-order valence-corrected chi connectivity index (χ1v) is 7.35. The summed E-state index contributed by atoms with van der Waals surface area (Å²) in [5, 5.41) is 13.7. The Balaban J connectivity index is 2.12. The molecule has 1 aromatic rings. The van der Waals surface area contributed by atoms with E-state index in [0.717, 1.165) is 37.5 Å². The number of aliphatic hydroxyl groups is 1.